The average Bonchev–Trinajstić information content (AvgIpc) is 2.53. The van der Waals surface area contributed by atoms with Gasteiger partial charge in [0, 0.05) is 19.8 Å². The summed E-state index contributed by atoms with van der Waals surface area (Å²) < 4.78 is 20.4. The predicted octanol–water partition coefficient (Wildman–Crippen LogP) is 2.44. The van der Waals surface area contributed by atoms with Crippen molar-refractivity contribution in [3.63, 3.8) is 0 Å². The summed E-state index contributed by atoms with van der Waals surface area (Å²) in [5.74, 6) is -0.346. The molecule has 0 aliphatic heterocycles. The number of hydrogen-bond donors (Lipinski definition) is 1. The minimum absolute atomic E-state index is 0.164. The van der Waals surface area contributed by atoms with Crippen LogP contribution in [0.2, 0.25) is 0 Å². The van der Waals surface area contributed by atoms with E-state index in [1.54, 1.807) is 14.0 Å². The first-order chi connectivity index (χ1) is 11.2. The Labute approximate surface area is 139 Å². The fourth-order valence-electron chi connectivity index (χ4n) is 1.83. The number of aliphatic hydroxyl groups is 1. The van der Waals surface area contributed by atoms with Crippen LogP contribution in [0, 0.1) is 0 Å². The number of ether oxygens (including phenoxy) is 4. The Bertz CT molecular complexity index is 293. The summed E-state index contributed by atoms with van der Waals surface area (Å²) in [7, 11) is 1.61. The number of rotatable bonds is 16. The molecule has 0 heterocycles. The van der Waals surface area contributed by atoms with Gasteiger partial charge in [0.15, 0.2) is 0 Å². The molecule has 0 aromatic rings. The smallest absolute Gasteiger partial charge is 0.330 e. The number of aliphatic hydroxyl groups excluding tert-OH is 1. The van der Waals surface area contributed by atoms with Crippen molar-refractivity contribution in [1.82, 2.24) is 0 Å². The maximum absolute atomic E-state index is 11.6. The summed E-state index contributed by atoms with van der Waals surface area (Å²) in [4.78, 5) is 11.6. The second kappa shape index (κ2) is 17.4. The molecule has 0 saturated heterocycles. The van der Waals surface area contributed by atoms with Crippen LogP contribution < -0.4 is 0 Å². The molecule has 1 unspecified atom stereocenters. The van der Waals surface area contributed by atoms with E-state index in [4.69, 9.17) is 24.1 Å². The summed E-state index contributed by atoms with van der Waals surface area (Å²) >= 11 is 0. The fourth-order valence-corrected chi connectivity index (χ4v) is 1.83. The van der Waals surface area contributed by atoms with Crippen molar-refractivity contribution in [3.05, 3.63) is 12.2 Å². The molecule has 136 valence electrons. The zero-order valence-corrected chi connectivity index (χ0v) is 14.5. The zero-order chi connectivity index (χ0) is 17.2. The van der Waals surface area contributed by atoms with Gasteiger partial charge in [0.25, 0.3) is 0 Å². The Morgan fingerprint density at radius 1 is 1.09 bits per heavy atom. The minimum Gasteiger partial charge on any atom is -0.457 e. The van der Waals surface area contributed by atoms with Gasteiger partial charge in [0.2, 0.25) is 0 Å². The third-order valence-corrected chi connectivity index (χ3v) is 3.05. The lowest BCUT2D eigenvalue weighted by molar-refractivity contribution is -0.148. The number of esters is 1. The topological polar surface area (TPSA) is 74.2 Å². The third kappa shape index (κ3) is 17.2. The molecule has 6 nitrogen and oxygen atoms in total. The van der Waals surface area contributed by atoms with Gasteiger partial charge < -0.3 is 24.1 Å². The van der Waals surface area contributed by atoms with E-state index in [1.807, 2.05) is 6.08 Å². The molecule has 23 heavy (non-hydrogen) atoms. The van der Waals surface area contributed by atoms with Crippen molar-refractivity contribution in [1.29, 1.82) is 0 Å². The lowest BCUT2D eigenvalue weighted by atomic mass is 10.1. The van der Waals surface area contributed by atoms with Gasteiger partial charge in [0.1, 0.15) is 12.9 Å². The highest BCUT2D eigenvalue weighted by molar-refractivity contribution is 5.81. The van der Waals surface area contributed by atoms with Crippen molar-refractivity contribution < 1.29 is 28.8 Å². The average molecular weight is 332 g/mol. The number of unbranched alkanes of at least 4 members (excludes halogenated alkanes) is 5. The molecular formula is C17H32O6. The Balaban J connectivity index is 3.47. The van der Waals surface area contributed by atoms with Gasteiger partial charge in [-0.25, -0.2) is 4.79 Å². The van der Waals surface area contributed by atoms with Crippen LogP contribution in [0.25, 0.3) is 0 Å². The molecule has 0 rings (SSSR count). The quantitative estimate of drug-likeness (QED) is 0.202. The van der Waals surface area contributed by atoms with Crippen molar-refractivity contribution in [2.24, 2.45) is 0 Å². The highest BCUT2D eigenvalue weighted by Gasteiger charge is 2.06. The van der Waals surface area contributed by atoms with Crippen LogP contribution in [0.4, 0.5) is 0 Å². The van der Waals surface area contributed by atoms with Crippen molar-refractivity contribution in [3.8, 4) is 0 Å². The van der Waals surface area contributed by atoms with Gasteiger partial charge >= 0.3 is 5.97 Å². The molecule has 0 bridgehead atoms. The maximum atomic E-state index is 11.6. The molecule has 1 N–H and O–H groups in total. The lowest BCUT2D eigenvalue weighted by Crippen LogP contribution is -2.20. The Hall–Kier alpha value is -0.950. The van der Waals surface area contributed by atoms with Crippen LogP contribution in [-0.2, 0) is 23.7 Å². The molecular weight excluding hydrogens is 300 g/mol. The van der Waals surface area contributed by atoms with E-state index >= 15 is 0 Å². The van der Waals surface area contributed by atoms with Crippen molar-refractivity contribution in [2.45, 2.75) is 51.6 Å². The van der Waals surface area contributed by atoms with E-state index in [9.17, 15) is 4.79 Å². The number of hydrogen-bond acceptors (Lipinski definition) is 6. The van der Waals surface area contributed by atoms with Crippen LogP contribution in [0.3, 0.4) is 0 Å². The standard InChI is InChI=1S/C17H32O6/c1-16(14-22-15-21-13-12-20-2)23-17(19)10-8-6-4-3-5-7-9-11-18/h8,10,16,18H,3-7,9,11-15H2,1-2H3/b10-8+. The third-order valence-electron chi connectivity index (χ3n) is 3.05. The van der Waals surface area contributed by atoms with Gasteiger partial charge in [-0.1, -0.05) is 25.3 Å². The van der Waals surface area contributed by atoms with Gasteiger partial charge in [0.05, 0.1) is 19.8 Å². The molecule has 0 saturated carbocycles. The minimum atomic E-state index is -0.346. The predicted molar refractivity (Wildman–Crippen MR) is 88.1 cm³/mol. The van der Waals surface area contributed by atoms with Crippen LogP contribution >= 0.6 is 0 Å². The van der Waals surface area contributed by atoms with E-state index in [0.29, 0.717) is 19.8 Å². The molecule has 0 fully saturated rings. The van der Waals surface area contributed by atoms with E-state index in [2.05, 4.69) is 0 Å². The van der Waals surface area contributed by atoms with E-state index < -0.39 is 0 Å². The fraction of sp³-hybridized carbons (Fsp3) is 0.824. The second-order valence-electron chi connectivity index (χ2n) is 5.32. The molecule has 0 aromatic heterocycles. The number of carbonyl (C=O) groups excluding carboxylic acids is 1. The van der Waals surface area contributed by atoms with Crippen LogP contribution in [0.1, 0.15) is 45.4 Å². The van der Waals surface area contributed by atoms with Gasteiger partial charge in [-0.2, -0.15) is 0 Å². The van der Waals surface area contributed by atoms with Crippen molar-refractivity contribution >= 4 is 5.97 Å². The monoisotopic (exact) mass is 332 g/mol. The normalized spacial score (nSPS) is 12.7. The van der Waals surface area contributed by atoms with Crippen LogP contribution in [-0.4, -0.2) is 57.5 Å². The number of allylic oxidation sites excluding steroid dienone is 1. The first-order valence-electron chi connectivity index (χ1n) is 8.33. The van der Waals surface area contributed by atoms with Gasteiger partial charge in [-0.15, -0.1) is 0 Å². The molecule has 0 spiro atoms. The number of carbonyl (C=O) groups is 1. The largest absolute Gasteiger partial charge is 0.457 e. The first-order valence-corrected chi connectivity index (χ1v) is 8.33. The summed E-state index contributed by atoms with van der Waals surface area (Å²) in [6.45, 7) is 3.53. The SMILES string of the molecule is COCCOCOCC(C)OC(=O)/C=C/CCCCCCCO. The van der Waals surface area contributed by atoms with E-state index in [0.717, 1.165) is 38.5 Å². The first kappa shape index (κ1) is 22.1. The van der Waals surface area contributed by atoms with Crippen LogP contribution in [0.5, 0.6) is 0 Å². The van der Waals surface area contributed by atoms with Gasteiger partial charge in [-0.05, 0) is 26.2 Å². The molecule has 6 heteroatoms. The van der Waals surface area contributed by atoms with Crippen LogP contribution in [0.15, 0.2) is 12.2 Å². The summed E-state index contributed by atoms with van der Waals surface area (Å²) in [5.41, 5.74) is 0. The molecule has 0 aromatic carbocycles. The highest BCUT2D eigenvalue weighted by Crippen LogP contribution is 2.05. The Morgan fingerprint density at radius 2 is 1.83 bits per heavy atom. The lowest BCUT2D eigenvalue weighted by Gasteiger charge is -2.12. The van der Waals surface area contributed by atoms with Crippen molar-refractivity contribution in [2.75, 3.05) is 40.3 Å². The summed E-state index contributed by atoms with van der Waals surface area (Å²) in [6, 6.07) is 0. The van der Waals surface area contributed by atoms with E-state index in [-0.39, 0.29) is 25.5 Å². The molecule has 0 aliphatic carbocycles. The summed E-state index contributed by atoms with van der Waals surface area (Å²) in [6.07, 6.45) is 9.10. The zero-order valence-electron chi connectivity index (χ0n) is 14.5. The molecule has 1 atom stereocenters. The molecule has 0 amide bonds. The molecule has 0 aliphatic rings. The second-order valence-corrected chi connectivity index (χ2v) is 5.32. The highest BCUT2D eigenvalue weighted by atomic mass is 16.7. The Morgan fingerprint density at radius 3 is 2.57 bits per heavy atom. The summed E-state index contributed by atoms with van der Waals surface area (Å²) in [5, 5.41) is 8.66. The molecule has 0 radical (unpaired) electrons. The maximum Gasteiger partial charge on any atom is 0.330 e. The number of methoxy groups -OCH3 is 1. The Kier molecular flexibility index (Phi) is 16.7. The van der Waals surface area contributed by atoms with E-state index in [1.165, 1.54) is 6.08 Å². The van der Waals surface area contributed by atoms with Gasteiger partial charge in [-0.3, -0.25) is 0 Å².